The zero-order chi connectivity index (χ0) is 21.9. The van der Waals surface area contributed by atoms with Crippen LogP contribution in [0, 0.1) is 40.7 Å². The van der Waals surface area contributed by atoms with E-state index < -0.39 is 10.8 Å². The Morgan fingerprint density at radius 2 is 1.65 bits per heavy atom. The van der Waals surface area contributed by atoms with E-state index in [4.69, 9.17) is 0 Å². The predicted molar refractivity (Wildman–Crippen MR) is 112 cm³/mol. The molecule has 2 aromatic carbocycles. The van der Waals surface area contributed by atoms with Gasteiger partial charge in [-0.05, 0) is 61.1 Å². The number of amides is 3. The van der Waals surface area contributed by atoms with Crippen LogP contribution >= 0.6 is 0 Å². The Bertz CT molecular complexity index is 1140. The normalized spacial score (nSPS) is 25.8. The van der Waals surface area contributed by atoms with Crippen molar-refractivity contribution in [2.75, 3.05) is 10.2 Å². The van der Waals surface area contributed by atoms with E-state index in [0.717, 1.165) is 6.42 Å². The molecule has 3 amide bonds. The molecule has 1 aliphatic heterocycles. The third kappa shape index (κ3) is 2.94. The number of imide groups is 1. The maximum absolute atomic E-state index is 12.9. The summed E-state index contributed by atoms with van der Waals surface area (Å²) in [6.07, 6.45) is 4.95. The van der Waals surface area contributed by atoms with E-state index in [0.29, 0.717) is 11.3 Å². The number of hydrogen-bond acceptors (Lipinski definition) is 5. The van der Waals surface area contributed by atoms with Crippen LogP contribution < -0.4 is 10.2 Å². The molecule has 1 saturated carbocycles. The summed E-state index contributed by atoms with van der Waals surface area (Å²) >= 11 is 0. The van der Waals surface area contributed by atoms with Crippen LogP contribution in [0.5, 0.6) is 0 Å². The molecule has 4 atom stereocenters. The second kappa shape index (κ2) is 6.87. The molecule has 1 N–H and O–H groups in total. The second-order valence-electron chi connectivity index (χ2n) is 8.29. The van der Waals surface area contributed by atoms with Gasteiger partial charge in [-0.3, -0.25) is 29.4 Å². The molecule has 8 nitrogen and oxygen atoms in total. The Morgan fingerprint density at radius 1 is 1.03 bits per heavy atom. The van der Waals surface area contributed by atoms with Crippen LogP contribution in [-0.4, -0.2) is 22.6 Å². The molecule has 2 aliphatic carbocycles. The van der Waals surface area contributed by atoms with Crippen molar-refractivity contribution in [2.24, 2.45) is 23.7 Å². The molecule has 3 aliphatic rings. The molecule has 2 fully saturated rings. The van der Waals surface area contributed by atoms with Crippen molar-refractivity contribution in [3.8, 4) is 0 Å². The van der Waals surface area contributed by atoms with Gasteiger partial charge >= 0.3 is 0 Å². The first kappa shape index (κ1) is 19.2. The van der Waals surface area contributed by atoms with Gasteiger partial charge in [0.2, 0.25) is 11.8 Å². The lowest BCUT2D eigenvalue weighted by Gasteiger charge is -2.17. The molecule has 2 aromatic rings. The lowest BCUT2D eigenvalue weighted by molar-refractivity contribution is -0.384. The van der Waals surface area contributed by atoms with Gasteiger partial charge in [-0.1, -0.05) is 18.2 Å². The minimum Gasteiger partial charge on any atom is -0.316 e. The van der Waals surface area contributed by atoms with Gasteiger partial charge in [0.1, 0.15) is 5.69 Å². The molecule has 31 heavy (non-hydrogen) atoms. The molecule has 2 bridgehead atoms. The van der Waals surface area contributed by atoms with Crippen molar-refractivity contribution in [3.05, 3.63) is 75.9 Å². The highest BCUT2D eigenvalue weighted by molar-refractivity contribution is 6.23. The average molecular weight is 417 g/mol. The SMILES string of the molecule is Cc1ccc(NC(=O)c2ccc(N3C(=O)[C@@H]4[C@@H](C3=O)[C@H]3C=C[C@H]4C3)cc2)c([N+](=O)[O-])c1. The number of aryl methyl sites for hydroxylation is 1. The number of hydrogen-bond donors (Lipinski definition) is 1. The standard InChI is InChI=1S/C23H19N3O5/c1-12-2-9-17(18(10-12)26(30)31)24-21(27)13-5-7-16(8-6-13)25-22(28)19-14-3-4-15(11-14)20(19)23(25)29/h2-10,14-15,19-20H,11H2,1H3,(H,24,27)/t14-,15-,19-,20-/m0/s1. The van der Waals surface area contributed by atoms with Crippen LogP contribution in [0.25, 0.3) is 0 Å². The van der Waals surface area contributed by atoms with Crippen molar-refractivity contribution >= 4 is 34.8 Å². The number of nitrogens with zero attached hydrogens (tertiary/aromatic N) is 2. The number of nitro benzene ring substituents is 1. The van der Waals surface area contributed by atoms with E-state index in [1.54, 1.807) is 25.1 Å². The molecule has 0 spiro atoms. The number of carbonyl (C=O) groups is 3. The van der Waals surface area contributed by atoms with Gasteiger partial charge in [0.05, 0.1) is 22.4 Å². The first-order valence-corrected chi connectivity index (χ1v) is 10.1. The van der Waals surface area contributed by atoms with Crippen molar-refractivity contribution in [1.82, 2.24) is 0 Å². The number of allylic oxidation sites excluding steroid dienone is 2. The summed E-state index contributed by atoms with van der Waals surface area (Å²) < 4.78 is 0. The number of fused-ring (bicyclic) bond motifs is 5. The molecule has 1 heterocycles. The van der Waals surface area contributed by atoms with Crippen molar-refractivity contribution in [3.63, 3.8) is 0 Å². The van der Waals surface area contributed by atoms with E-state index in [9.17, 15) is 24.5 Å². The molecule has 0 radical (unpaired) electrons. The van der Waals surface area contributed by atoms with Gasteiger partial charge in [-0.25, -0.2) is 0 Å². The topological polar surface area (TPSA) is 110 Å². The Labute approximate surface area is 177 Å². The quantitative estimate of drug-likeness (QED) is 0.355. The van der Waals surface area contributed by atoms with E-state index in [1.165, 1.54) is 29.2 Å². The molecule has 156 valence electrons. The molecule has 0 aromatic heterocycles. The molecule has 5 rings (SSSR count). The zero-order valence-electron chi connectivity index (χ0n) is 16.6. The van der Waals surface area contributed by atoms with Crippen molar-refractivity contribution < 1.29 is 19.3 Å². The number of carbonyl (C=O) groups excluding carboxylic acids is 3. The van der Waals surface area contributed by atoms with Crippen molar-refractivity contribution in [2.45, 2.75) is 13.3 Å². The summed E-state index contributed by atoms with van der Waals surface area (Å²) in [4.78, 5) is 50.4. The van der Waals surface area contributed by atoms with Gasteiger partial charge in [0.15, 0.2) is 0 Å². The number of nitrogens with one attached hydrogen (secondary N) is 1. The van der Waals surface area contributed by atoms with E-state index >= 15 is 0 Å². The smallest absolute Gasteiger partial charge is 0.293 e. The Hall–Kier alpha value is -3.81. The highest BCUT2D eigenvalue weighted by Gasteiger charge is 2.59. The van der Waals surface area contributed by atoms with Crippen LogP contribution in [0.2, 0.25) is 0 Å². The number of benzene rings is 2. The van der Waals surface area contributed by atoms with Crippen LogP contribution in [-0.2, 0) is 9.59 Å². The zero-order valence-corrected chi connectivity index (χ0v) is 16.6. The first-order chi connectivity index (χ1) is 14.8. The van der Waals surface area contributed by atoms with Crippen LogP contribution in [0.3, 0.4) is 0 Å². The largest absolute Gasteiger partial charge is 0.316 e. The Kier molecular flexibility index (Phi) is 4.25. The van der Waals surface area contributed by atoms with Gasteiger partial charge in [-0.15, -0.1) is 0 Å². The fourth-order valence-electron chi connectivity index (χ4n) is 5.01. The third-order valence-corrected chi connectivity index (χ3v) is 6.46. The lowest BCUT2D eigenvalue weighted by Crippen LogP contribution is -2.32. The summed E-state index contributed by atoms with van der Waals surface area (Å²) in [7, 11) is 0. The molecule has 1 saturated heterocycles. The molecular weight excluding hydrogens is 398 g/mol. The van der Waals surface area contributed by atoms with Gasteiger partial charge in [0.25, 0.3) is 11.6 Å². The fraction of sp³-hybridized carbons (Fsp3) is 0.261. The van der Waals surface area contributed by atoms with Crippen LogP contribution in [0.1, 0.15) is 22.3 Å². The summed E-state index contributed by atoms with van der Waals surface area (Å²) in [6, 6.07) is 10.7. The van der Waals surface area contributed by atoms with Gasteiger partial charge in [-0.2, -0.15) is 0 Å². The van der Waals surface area contributed by atoms with Gasteiger partial charge < -0.3 is 5.32 Å². The molecule has 8 heteroatoms. The number of rotatable bonds is 4. The average Bonchev–Trinajstić information content (AvgIpc) is 3.43. The van der Waals surface area contributed by atoms with Crippen LogP contribution in [0.15, 0.2) is 54.6 Å². The van der Waals surface area contributed by atoms with E-state index in [1.807, 2.05) is 12.2 Å². The summed E-state index contributed by atoms with van der Waals surface area (Å²) in [5.41, 5.74) is 1.32. The minimum atomic E-state index is -0.546. The monoisotopic (exact) mass is 417 g/mol. The maximum Gasteiger partial charge on any atom is 0.293 e. The fourth-order valence-corrected chi connectivity index (χ4v) is 5.01. The second-order valence-corrected chi connectivity index (χ2v) is 8.29. The molecular formula is C23H19N3O5. The minimum absolute atomic E-state index is 0.102. The number of nitro groups is 1. The van der Waals surface area contributed by atoms with Crippen LogP contribution in [0.4, 0.5) is 17.1 Å². The summed E-state index contributed by atoms with van der Waals surface area (Å²) in [6.45, 7) is 1.73. The number of anilines is 2. The first-order valence-electron chi connectivity index (χ1n) is 10.1. The van der Waals surface area contributed by atoms with Crippen molar-refractivity contribution in [1.29, 1.82) is 0 Å². The van der Waals surface area contributed by atoms with E-state index in [-0.39, 0.29) is 52.4 Å². The predicted octanol–water partition coefficient (Wildman–Crippen LogP) is 3.47. The van der Waals surface area contributed by atoms with E-state index in [2.05, 4.69) is 5.32 Å². The van der Waals surface area contributed by atoms with Gasteiger partial charge in [0, 0.05) is 11.6 Å². The summed E-state index contributed by atoms with van der Waals surface area (Å²) in [5, 5.41) is 13.8. The Balaban J connectivity index is 1.35. The summed E-state index contributed by atoms with van der Waals surface area (Å²) in [5.74, 6) is -1.19. The highest BCUT2D eigenvalue weighted by Crippen LogP contribution is 2.53. The third-order valence-electron chi connectivity index (χ3n) is 6.46. The highest BCUT2D eigenvalue weighted by atomic mass is 16.6. The Morgan fingerprint density at radius 3 is 2.23 bits per heavy atom. The maximum atomic E-state index is 12.9. The molecule has 0 unspecified atom stereocenters. The lowest BCUT2D eigenvalue weighted by atomic mass is 9.85.